The molecular weight excluding hydrogens is 260 g/mol. The lowest BCUT2D eigenvalue weighted by molar-refractivity contribution is 0.0551. The van der Waals surface area contributed by atoms with Crippen LogP contribution in [0.15, 0.2) is 0 Å². The van der Waals surface area contributed by atoms with Crippen molar-refractivity contribution in [2.24, 2.45) is 11.7 Å². The summed E-state index contributed by atoms with van der Waals surface area (Å²) in [6, 6.07) is 1.35. The predicted octanol–water partition coefficient (Wildman–Crippen LogP) is 1.22. The molecule has 0 spiro atoms. The summed E-state index contributed by atoms with van der Waals surface area (Å²) >= 11 is 0. The van der Waals surface area contributed by atoms with Gasteiger partial charge >= 0.3 is 0 Å². The van der Waals surface area contributed by atoms with Crippen LogP contribution in [-0.2, 0) is 0 Å². The molecule has 3 fully saturated rings. The first kappa shape index (κ1) is 15.7. The van der Waals surface area contributed by atoms with E-state index >= 15 is 0 Å². The fourth-order valence-electron chi connectivity index (χ4n) is 4.41. The molecule has 2 N–H and O–H groups in total. The smallest absolute Gasteiger partial charge is 0.0121 e. The van der Waals surface area contributed by atoms with Crippen molar-refractivity contribution in [2.45, 2.75) is 50.6 Å². The van der Waals surface area contributed by atoms with Crippen LogP contribution in [-0.4, -0.2) is 79.6 Å². The van der Waals surface area contributed by atoms with Crippen molar-refractivity contribution in [2.75, 3.05) is 52.9 Å². The third-order valence-electron chi connectivity index (χ3n) is 6.02. The zero-order chi connectivity index (χ0) is 14.7. The molecular formula is C17H34N4. The molecule has 0 aromatic heterocycles. The van der Waals surface area contributed by atoms with Gasteiger partial charge in [-0.15, -0.1) is 0 Å². The normalized spacial score (nSPS) is 35.1. The third kappa shape index (κ3) is 4.41. The summed E-state index contributed by atoms with van der Waals surface area (Å²) in [6.45, 7) is 9.05. The molecule has 0 aromatic rings. The maximum atomic E-state index is 6.02. The van der Waals surface area contributed by atoms with Gasteiger partial charge in [-0.1, -0.05) is 0 Å². The van der Waals surface area contributed by atoms with Gasteiger partial charge in [0.1, 0.15) is 0 Å². The minimum Gasteiger partial charge on any atom is -0.328 e. The molecule has 3 rings (SSSR count). The first-order valence-corrected chi connectivity index (χ1v) is 9.11. The van der Waals surface area contributed by atoms with Crippen LogP contribution in [0.5, 0.6) is 0 Å². The van der Waals surface area contributed by atoms with Gasteiger partial charge < -0.3 is 15.5 Å². The van der Waals surface area contributed by atoms with Gasteiger partial charge in [0.05, 0.1) is 0 Å². The summed E-state index contributed by atoms with van der Waals surface area (Å²) in [7, 11) is 2.25. The van der Waals surface area contributed by atoms with Crippen molar-refractivity contribution in [1.82, 2.24) is 14.7 Å². The molecule has 2 aliphatic heterocycles. The lowest BCUT2D eigenvalue weighted by Gasteiger charge is -2.43. The van der Waals surface area contributed by atoms with Gasteiger partial charge in [0.25, 0.3) is 0 Å². The van der Waals surface area contributed by atoms with Gasteiger partial charge in [-0.05, 0) is 64.6 Å². The molecule has 1 saturated carbocycles. The van der Waals surface area contributed by atoms with E-state index in [2.05, 4.69) is 21.7 Å². The largest absolute Gasteiger partial charge is 0.328 e. The molecule has 4 heteroatoms. The number of hydrogen-bond donors (Lipinski definition) is 1. The van der Waals surface area contributed by atoms with E-state index in [1.54, 1.807) is 0 Å². The number of piperazine rings is 1. The molecule has 0 radical (unpaired) electrons. The average Bonchev–Trinajstić information content (AvgIpc) is 2.51. The lowest BCUT2D eigenvalue weighted by Crippen LogP contribution is -2.53. The quantitative estimate of drug-likeness (QED) is 0.849. The second kappa shape index (κ2) is 7.40. The molecule has 0 aromatic carbocycles. The van der Waals surface area contributed by atoms with Crippen LogP contribution in [0.2, 0.25) is 0 Å². The van der Waals surface area contributed by atoms with Crippen LogP contribution in [0.3, 0.4) is 0 Å². The summed E-state index contributed by atoms with van der Waals surface area (Å²) in [5, 5.41) is 0. The molecule has 4 nitrogen and oxygen atoms in total. The van der Waals surface area contributed by atoms with Gasteiger partial charge in [-0.3, -0.25) is 4.90 Å². The molecule has 0 bridgehead atoms. The van der Waals surface area contributed by atoms with Crippen molar-refractivity contribution in [3.63, 3.8) is 0 Å². The fraction of sp³-hybridized carbons (Fsp3) is 1.00. The fourth-order valence-corrected chi connectivity index (χ4v) is 4.41. The molecule has 2 heterocycles. The number of hydrogen-bond acceptors (Lipinski definition) is 4. The summed E-state index contributed by atoms with van der Waals surface area (Å²) < 4.78 is 0. The SMILES string of the molecule is CN1CCC(N2CCN(CC3CCC(N)CC3)CC2)CC1. The second-order valence-corrected chi connectivity index (χ2v) is 7.65. The summed E-state index contributed by atoms with van der Waals surface area (Å²) in [5.41, 5.74) is 6.02. The van der Waals surface area contributed by atoms with Crippen LogP contribution in [0.4, 0.5) is 0 Å². The summed E-state index contributed by atoms with van der Waals surface area (Å²) in [5.74, 6) is 0.916. The van der Waals surface area contributed by atoms with Gasteiger partial charge in [0.15, 0.2) is 0 Å². The second-order valence-electron chi connectivity index (χ2n) is 7.65. The Labute approximate surface area is 130 Å². The number of piperidine rings is 1. The van der Waals surface area contributed by atoms with E-state index in [1.807, 2.05) is 0 Å². The van der Waals surface area contributed by atoms with Crippen LogP contribution in [0, 0.1) is 5.92 Å². The Hall–Kier alpha value is -0.160. The van der Waals surface area contributed by atoms with Crippen LogP contribution < -0.4 is 5.73 Å². The zero-order valence-electron chi connectivity index (χ0n) is 13.8. The standard InChI is InChI=1S/C17H34N4/c1-19-8-6-17(7-9-19)21-12-10-20(11-13-21)14-15-2-4-16(18)5-3-15/h15-17H,2-14,18H2,1H3. The highest BCUT2D eigenvalue weighted by atomic mass is 15.3. The highest BCUT2D eigenvalue weighted by Crippen LogP contribution is 2.25. The van der Waals surface area contributed by atoms with Crippen molar-refractivity contribution in [3.8, 4) is 0 Å². The van der Waals surface area contributed by atoms with E-state index in [-0.39, 0.29) is 0 Å². The predicted molar refractivity (Wildman–Crippen MR) is 88.5 cm³/mol. The zero-order valence-corrected chi connectivity index (χ0v) is 13.8. The van der Waals surface area contributed by atoms with Crippen molar-refractivity contribution in [3.05, 3.63) is 0 Å². The first-order valence-electron chi connectivity index (χ1n) is 9.11. The maximum Gasteiger partial charge on any atom is 0.0121 e. The van der Waals surface area contributed by atoms with E-state index in [1.165, 1.54) is 84.3 Å². The van der Waals surface area contributed by atoms with Crippen LogP contribution >= 0.6 is 0 Å². The lowest BCUT2D eigenvalue weighted by atomic mass is 9.86. The van der Waals surface area contributed by atoms with Gasteiger partial charge in [-0.25, -0.2) is 0 Å². The molecule has 0 atom stereocenters. The number of nitrogens with two attached hydrogens (primary N) is 1. The van der Waals surface area contributed by atoms with Crippen LogP contribution in [0.1, 0.15) is 38.5 Å². The van der Waals surface area contributed by atoms with Gasteiger partial charge in [0.2, 0.25) is 0 Å². The number of rotatable bonds is 3. The molecule has 1 aliphatic carbocycles. The van der Waals surface area contributed by atoms with Crippen molar-refractivity contribution < 1.29 is 0 Å². The van der Waals surface area contributed by atoms with Crippen molar-refractivity contribution in [1.29, 1.82) is 0 Å². The van der Waals surface area contributed by atoms with Crippen molar-refractivity contribution >= 4 is 0 Å². The van der Waals surface area contributed by atoms with E-state index in [9.17, 15) is 0 Å². The Kier molecular flexibility index (Phi) is 5.54. The minimum atomic E-state index is 0.488. The maximum absolute atomic E-state index is 6.02. The molecule has 21 heavy (non-hydrogen) atoms. The number of nitrogens with zero attached hydrogens (tertiary/aromatic N) is 3. The monoisotopic (exact) mass is 294 g/mol. The van der Waals surface area contributed by atoms with E-state index in [0.29, 0.717) is 6.04 Å². The van der Waals surface area contributed by atoms with E-state index in [0.717, 1.165) is 12.0 Å². The molecule has 0 unspecified atom stereocenters. The Bertz CT molecular complexity index is 298. The van der Waals surface area contributed by atoms with Gasteiger partial charge in [0, 0.05) is 44.8 Å². The average molecular weight is 294 g/mol. The molecule has 3 aliphatic rings. The number of likely N-dealkylation sites (tertiary alicyclic amines) is 1. The Morgan fingerprint density at radius 3 is 2.05 bits per heavy atom. The summed E-state index contributed by atoms with van der Waals surface area (Å²) in [4.78, 5) is 7.95. The molecule has 2 saturated heterocycles. The Balaban J connectivity index is 1.37. The molecule has 0 amide bonds. The molecule has 122 valence electrons. The van der Waals surface area contributed by atoms with Gasteiger partial charge in [-0.2, -0.15) is 0 Å². The van der Waals surface area contributed by atoms with Crippen LogP contribution in [0.25, 0.3) is 0 Å². The van der Waals surface area contributed by atoms with E-state index < -0.39 is 0 Å². The Morgan fingerprint density at radius 1 is 0.810 bits per heavy atom. The first-order chi connectivity index (χ1) is 10.2. The highest BCUT2D eigenvalue weighted by Gasteiger charge is 2.28. The third-order valence-corrected chi connectivity index (χ3v) is 6.02. The highest BCUT2D eigenvalue weighted by molar-refractivity contribution is 4.84. The van der Waals surface area contributed by atoms with E-state index in [4.69, 9.17) is 5.73 Å². The Morgan fingerprint density at radius 2 is 1.43 bits per heavy atom. The summed E-state index contributed by atoms with van der Waals surface area (Å²) in [6.07, 6.45) is 7.96. The minimum absolute atomic E-state index is 0.488. The topological polar surface area (TPSA) is 35.7 Å².